The summed E-state index contributed by atoms with van der Waals surface area (Å²) in [6, 6.07) is 27.6. The van der Waals surface area contributed by atoms with Crippen LogP contribution < -0.4 is 33.3 Å². The van der Waals surface area contributed by atoms with Gasteiger partial charge in [-0.1, -0.05) is 18.2 Å². The van der Waals surface area contributed by atoms with E-state index < -0.39 is 0 Å². The third-order valence-electron chi connectivity index (χ3n) is 9.63. The molecule has 1 aliphatic rings. The molecule has 0 amide bonds. The highest BCUT2D eigenvalue weighted by molar-refractivity contribution is 5.72. The van der Waals surface area contributed by atoms with Gasteiger partial charge in [-0.2, -0.15) is 0 Å². The van der Waals surface area contributed by atoms with Gasteiger partial charge < -0.3 is 33.3 Å². The van der Waals surface area contributed by atoms with Crippen LogP contribution >= 0.6 is 0 Å². The number of rotatable bonds is 14. The summed E-state index contributed by atoms with van der Waals surface area (Å²) in [4.78, 5) is 9.55. The zero-order valence-electron chi connectivity index (χ0n) is 30.6. The van der Waals surface area contributed by atoms with Gasteiger partial charge in [0.05, 0.1) is 48.4 Å². The number of methoxy groups -OCH3 is 6. The van der Waals surface area contributed by atoms with Gasteiger partial charge in [0.1, 0.15) is 5.82 Å². The van der Waals surface area contributed by atoms with Crippen LogP contribution in [0.25, 0.3) is 22.4 Å². The molecule has 272 valence electrons. The molecule has 6 rings (SSSR count). The second-order valence-electron chi connectivity index (χ2n) is 12.7. The lowest BCUT2D eigenvalue weighted by molar-refractivity contribution is 0.201. The average Bonchev–Trinajstić information content (AvgIpc) is 3.19. The molecule has 0 spiro atoms. The molecule has 4 aromatic carbocycles. The van der Waals surface area contributed by atoms with E-state index in [2.05, 4.69) is 51.2 Å². The van der Waals surface area contributed by atoms with E-state index in [1.54, 1.807) is 54.8 Å². The second kappa shape index (κ2) is 16.7. The van der Waals surface area contributed by atoms with Gasteiger partial charge in [0, 0.05) is 49.7 Å². The molecular weight excluding hydrogens is 661 g/mol. The van der Waals surface area contributed by atoms with Gasteiger partial charge in [-0.3, -0.25) is 9.88 Å². The molecule has 5 aromatic rings. The first kappa shape index (κ1) is 36.3. The molecule has 0 unspecified atom stereocenters. The molecule has 0 radical (unpaired) electrons. The minimum atomic E-state index is -0.244. The standard InChI is InChI=1S/C42H46FN3O6/c1-47-37-22-31(23-38(48-2)41(37)51-5)30-9-7-8-28(20-30)27-46(34-12-10-33(43)11-13-34)35-15-18-45(19-16-35)26-29-14-17-44-36(21-29)32-24-39(49-3)42(52-6)40(25-32)50-4/h7-14,17,20-25,35H,15-16,18-19,26-27H2,1-6H3. The number of hydrogen-bond donors (Lipinski definition) is 0. The van der Waals surface area contributed by atoms with E-state index in [9.17, 15) is 4.39 Å². The summed E-state index contributed by atoms with van der Waals surface area (Å²) in [6.45, 7) is 3.34. The number of ether oxygens (including phenoxy) is 6. The van der Waals surface area contributed by atoms with Crippen molar-refractivity contribution in [2.24, 2.45) is 0 Å². The van der Waals surface area contributed by atoms with Crippen LogP contribution in [0.2, 0.25) is 0 Å². The molecule has 0 aliphatic carbocycles. The number of piperidine rings is 1. The number of pyridine rings is 1. The molecule has 10 heteroatoms. The molecule has 1 saturated heterocycles. The SMILES string of the molecule is COc1cc(-c2cccc(CN(c3ccc(F)cc3)C3CCN(Cc4ccnc(-c5cc(OC)c(OC)c(OC)c5)c4)CC3)c2)cc(OC)c1OC. The molecule has 1 fully saturated rings. The van der Waals surface area contributed by atoms with E-state index in [-0.39, 0.29) is 11.9 Å². The van der Waals surface area contributed by atoms with E-state index in [4.69, 9.17) is 28.4 Å². The Bertz CT molecular complexity index is 1910. The van der Waals surface area contributed by atoms with Gasteiger partial charge in [0.2, 0.25) is 11.5 Å². The lowest BCUT2D eigenvalue weighted by Gasteiger charge is -2.40. The lowest BCUT2D eigenvalue weighted by Crippen LogP contribution is -2.44. The fraction of sp³-hybridized carbons (Fsp3) is 0.310. The van der Waals surface area contributed by atoms with Crippen LogP contribution in [0.3, 0.4) is 0 Å². The molecule has 0 saturated carbocycles. The number of benzene rings is 4. The van der Waals surface area contributed by atoms with Crippen molar-refractivity contribution in [1.82, 2.24) is 9.88 Å². The van der Waals surface area contributed by atoms with Crippen LogP contribution in [-0.4, -0.2) is 71.7 Å². The van der Waals surface area contributed by atoms with Crippen LogP contribution in [0, 0.1) is 5.82 Å². The van der Waals surface area contributed by atoms with E-state index in [1.807, 2.05) is 42.6 Å². The van der Waals surface area contributed by atoms with Gasteiger partial charge in [0.15, 0.2) is 23.0 Å². The molecule has 52 heavy (non-hydrogen) atoms. The third kappa shape index (κ3) is 8.02. The summed E-state index contributed by atoms with van der Waals surface area (Å²) < 4.78 is 47.5. The maximum absolute atomic E-state index is 14.1. The van der Waals surface area contributed by atoms with Gasteiger partial charge in [0.25, 0.3) is 0 Å². The maximum atomic E-state index is 14.1. The van der Waals surface area contributed by atoms with Gasteiger partial charge in [-0.25, -0.2) is 4.39 Å². The summed E-state index contributed by atoms with van der Waals surface area (Å²) in [7, 11) is 9.66. The van der Waals surface area contributed by atoms with Crippen molar-refractivity contribution >= 4 is 5.69 Å². The van der Waals surface area contributed by atoms with Crippen molar-refractivity contribution < 1.29 is 32.8 Å². The summed E-state index contributed by atoms with van der Waals surface area (Å²) >= 11 is 0. The van der Waals surface area contributed by atoms with Crippen LogP contribution in [0.4, 0.5) is 10.1 Å². The summed E-state index contributed by atoms with van der Waals surface area (Å²) in [5, 5.41) is 0. The van der Waals surface area contributed by atoms with E-state index >= 15 is 0 Å². The normalized spacial score (nSPS) is 13.4. The van der Waals surface area contributed by atoms with Gasteiger partial charge in [-0.05, 0) is 102 Å². The number of nitrogens with zero attached hydrogens (tertiary/aromatic N) is 3. The molecule has 0 N–H and O–H groups in total. The smallest absolute Gasteiger partial charge is 0.203 e. The van der Waals surface area contributed by atoms with Crippen LogP contribution in [0.5, 0.6) is 34.5 Å². The number of likely N-dealkylation sites (tertiary alicyclic amines) is 1. The van der Waals surface area contributed by atoms with E-state index in [0.29, 0.717) is 41.0 Å². The Hall–Kier alpha value is -5.48. The van der Waals surface area contributed by atoms with Gasteiger partial charge in [-0.15, -0.1) is 0 Å². The van der Waals surface area contributed by atoms with Crippen LogP contribution in [0.15, 0.2) is 91.1 Å². The predicted octanol–water partition coefficient (Wildman–Crippen LogP) is 8.28. The Morgan fingerprint density at radius 2 is 1.21 bits per heavy atom. The van der Waals surface area contributed by atoms with Crippen molar-refractivity contribution in [3.63, 3.8) is 0 Å². The molecule has 0 atom stereocenters. The summed E-state index contributed by atoms with van der Waals surface area (Å²) in [5.41, 5.74) is 7.05. The molecular formula is C42H46FN3O6. The highest BCUT2D eigenvalue weighted by Gasteiger charge is 2.26. The monoisotopic (exact) mass is 707 g/mol. The van der Waals surface area contributed by atoms with Crippen molar-refractivity contribution in [2.75, 3.05) is 60.6 Å². The number of aromatic nitrogens is 1. The zero-order chi connectivity index (χ0) is 36.6. The Labute approximate surface area is 305 Å². The Morgan fingerprint density at radius 3 is 1.77 bits per heavy atom. The highest BCUT2D eigenvalue weighted by atomic mass is 19.1. The Balaban J connectivity index is 1.19. The Kier molecular flexibility index (Phi) is 11.7. The van der Waals surface area contributed by atoms with Crippen molar-refractivity contribution in [3.05, 3.63) is 108 Å². The third-order valence-corrected chi connectivity index (χ3v) is 9.63. The average molecular weight is 708 g/mol. The van der Waals surface area contributed by atoms with Crippen molar-refractivity contribution in [2.45, 2.75) is 32.0 Å². The fourth-order valence-corrected chi connectivity index (χ4v) is 6.96. The molecule has 2 heterocycles. The quantitative estimate of drug-likeness (QED) is 0.113. The minimum absolute atomic E-state index is 0.244. The first-order valence-corrected chi connectivity index (χ1v) is 17.3. The molecule has 0 bridgehead atoms. The first-order valence-electron chi connectivity index (χ1n) is 17.3. The Morgan fingerprint density at radius 1 is 0.635 bits per heavy atom. The summed E-state index contributed by atoms with van der Waals surface area (Å²) in [6.07, 6.45) is 3.78. The van der Waals surface area contributed by atoms with Crippen LogP contribution in [0.1, 0.15) is 24.0 Å². The molecule has 9 nitrogen and oxygen atoms in total. The largest absolute Gasteiger partial charge is 0.493 e. The maximum Gasteiger partial charge on any atom is 0.203 e. The fourth-order valence-electron chi connectivity index (χ4n) is 6.96. The zero-order valence-corrected chi connectivity index (χ0v) is 30.6. The second-order valence-corrected chi connectivity index (χ2v) is 12.7. The topological polar surface area (TPSA) is 74.8 Å². The van der Waals surface area contributed by atoms with Crippen molar-refractivity contribution in [1.29, 1.82) is 0 Å². The molecule has 1 aliphatic heterocycles. The van der Waals surface area contributed by atoms with E-state index in [0.717, 1.165) is 66.1 Å². The highest BCUT2D eigenvalue weighted by Crippen LogP contribution is 2.42. The molecule has 1 aromatic heterocycles. The lowest BCUT2D eigenvalue weighted by atomic mass is 9.98. The number of anilines is 1. The first-order chi connectivity index (χ1) is 25.4. The van der Waals surface area contributed by atoms with Crippen LogP contribution in [-0.2, 0) is 13.1 Å². The van der Waals surface area contributed by atoms with Gasteiger partial charge >= 0.3 is 0 Å². The predicted molar refractivity (Wildman–Crippen MR) is 202 cm³/mol. The minimum Gasteiger partial charge on any atom is -0.493 e. The number of hydrogen-bond acceptors (Lipinski definition) is 9. The van der Waals surface area contributed by atoms with E-state index in [1.165, 1.54) is 5.56 Å². The summed E-state index contributed by atoms with van der Waals surface area (Å²) in [5.74, 6) is 3.24. The number of halogens is 1. The van der Waals surface area contributed by atoms with Crippen molar-refractivity contribution in [3.8, 4) is 56.9 Å².